The van der Waals surface area contributed by atoms with Gasteiger partial charge in [-0.15, -0.1) is 0 Å². The molecular formula is C12H14O2. The largest absolute Gasteiger partial charge is 0.468 e. The maximum absolute atomic E-state index is 11.9. The average Bonchev–Trinajstić information content (AvgIpc) is 2.77. The highest BCUT2D eigenvalue weighted by Gasteiger charge is 2.43. The zero-order valence-electron chi connectivity index (χ0n) is 8.32. The van der Waals surface area contributed by atoms with Crippen molar-refractivity contribution in [2.24, 2.45) is 0 Å². The molecule has 1 aromatic rings. The van der Waals surface area contributed by atoms with Gasteiger partial charge < -0.3 is 4.42 Å². The number of hydrogen-bond acceptors (Lipinski definition) is 2. The molecule has 1 aliphatic rings. The van der Waals surface area contributed by atoms with Gasteiger partial charge in [0, 0.05) is 6.42 Å². The van der Waals surface area contributed by atoms with E-state index in [9.17, 15) is 4.79 Å². The fraction of sp³-hybridized carbons (Fsp3) is 0.417. The molecule has 0 saturated heterocycles. The summed E-state index contributed by atoms with van der Waals surface area (Å²) < 4.78 is 5.37. The predicted molar refractivity (Wildman–Crippen MR) is 54.1 cm³/mol. The molecule has 14 heavy (non-hydrogen) atoms. The van der Waals surface area contributed by atoms with E-state index in [1.54, 1.807) is 6.26 Å². The summed E-state index contributed by atoms with van der Waals surface area (Å²) in [6.45, 7) is 1.94. The SMILES string of the molecule is C/C=C/[C@]1(c2ccco2)CCCC1=O. The Morgan fingerprint density at radius 1 is 1.57 bits per heavy atom. The monoisotopic (exact) mass is 190 g/mol. The van der Waals surface area contributed by atoms with Crippen molar-refractivity contribution in [3.63, 3.8) is 0 Å². The van der Waals surface area contributed by atoms with Gasteiger partial charge in [0.2, 0.25) is 0 Å². The number of ketones is 1. The van der Waals surface area contributed by atoms with E-state index in [0.717, 1.165) is 18.6 Å². The second kappa shape index (κ2) is 3.45. The Morgan fingerprint density at radius 3 is 2.93 bits per heavy atom. The summed E-state index contributed by atoms with van der Waals surface area (Å²) in [6.07, 6.45) is 8.05. The molecule has 0 unspecified atom stereocenters. The lowest BCUT2D eigenvalue weighted by molar-refractivity contribution is -0.121. The third-order valence-electron chi connectivity index (χ3n) is 2.88. The van der Waals surface area contributed by atoms with Crippen molar-refractivity contribution in [3.05, 3.63) is 36.3 Å². The molecule has 1 saturated carbocycles. The lowest BCUT2D eigenvalue weighted by Gasteiger charge is -2.20. The molecule has 1 atom stereocenters. The molecule has 1 aliphatic carbocycles. The fourth-order valence-electron chi connectivity index (χ4n) is 2.23. The van der Waals surface area contributed by atoms with Crippen LogP contribution in [0.25, 0.3) is 0 Å². The molecule has 1 aromatic heterocycles. The first-order chi connectivity index (χ1) is 6.79. The molecule has 0 aromatic carbocycles. The average molecular weight is 190 g/mol. The molecule has 0 N–H and O–H groups in total. The van der Waals surface area contributed by atoms with Crippen LogP contribution in [0.1, 0.15) is 31.9 Å². The lowest BCUT2D eigenvalue weighted by Crippen LogP contribution is -2.27. The molecule has 0 spiro atoms. The van der Waals surface area contributed by atoms with Crippen molar-refractivity contribution < 1.29 is 9.21 Å². The molecule has 2 nitrogen and oxygen atoms in total. The van der Waals surface area contributed by atoms with Gasteiger partial charge in [-0.05, 0) is 31.9 Å². The fourth-order valence-corrected chi connectivity index (χ4v) is 2.23. The Hall–Kier alpha value is -1.31. The van der Waals surface area contributed by atoms with E-state index in [2.05, 4.69) is 0 Å². The Kier molecular flexibility index (Phi) is 2.28. The summed E-state index contributed by atoms with van der Waals surface area (Å²) in [6, 6.07) is 3.73. The highest BCUT2D eigenvalue weighted by atomic mass is 16.3. The number of hydrogen-bond donors (Lipinski definition) is 0. The second-order valence-electron chi connectivity index (χ2n) is 3.73. The number of carbonyl (C=O) groups excluding carboxylic acids is 1. The third-order valence-corrected chi connectivity index (χ3v) is 2.88. The van der Waals surface area contributed by atoms with Crippen LogP contribution in [-0.2, 0) is 10.2 Å². The quantitative estimate of drug-likeness (QED) is 0.671. The predicted octanol–water partition coefficient (Wildman–Crippen LogP) is 2.85. The van der Waals surface area contributed by atoms with E-state index >= 15 is 0 Å². The zero-order chi connectivity index (χ0) is 10.0. The van der Waals surface area contributed by atoms with E-state index < -0.39 is 5.41 Å². The highest BCUT2D eigenvalue weighted by molar-refractivity contribution is 5.93. The summed E-state index contributed by atoms with van der Waals surface area (Å²) in [5.74, 6) is 1.07. The maximum atomic E-state index is 11.9. The minimum Gasteiger partial charge on any atom is -0.468 e. The third kappa shape index (κ3) is 1.22. The molecule has 1 fully saturated rings. The van der Waals surface area contributed by atoms with Crippen LogP contribution in [0, 0.1) is 0 Å². The maximum Gasteiger partial charge on any atom is 0.150 e. The van der Waals surface area contributed by atoms with Crippen LogP contribution in [0.15, 0.2) is 35.0 Å². The van der Waals surface area contributed by atoms with E-state index in [4.69, 9.17) is 4.42 Å². The number of Topliss-reactive ketones (excluding diaryl/α,β-unsaturated/α-hetero) is 1. The van der Waals surface area contributed by atoms with Crippen molar-refractivity contribution in [2.75, 3.05) is 0 Å². The van der Waals surface area contributed by atoms with Crippen molar-refractivity contribution in [1.29, 1.82) is 0 Å². The van der Waals surface area contributed by atoms with Gasteiger partial charge in [-0.25, -0.2) is 0 Å². The van der Waals surface area contributed by atoms with Crippen LogP contribution < -0.4 is 0 Å². The minimum atomic E-state index is -0.460. The number of rotatable bonds is 2. The van der Waals surface area contributed by atoms with Gasteiger partial charge in [-0.2, -0.15) is 0 Å². The van der Waals surface area contributed by atoms with E-state index in [1.807, 2.05) is 31.2 Å². The standard InChI is InChI=1S/C12H14O2/c1-2-7-12(8-3-5-10(12)13)11-6-4-9-14-11/h2,4,6-7,9H,3,5,8H2,1H3/b7-2+/t12-/m0/s1. The Labute approximate surface area is 83.6 Å². The molecule has 0 amide bonds. The van der Waals surface area contributed by atoms with Crippen molar-refractivity contribution in [1.82, 2.24) is 0 Å². The summed E-state index contributed by atoms with van der Waals surface area (Å²) in [7, 11) is 0. The normalized spacial score (nSPS) is 27.6. The van der Waals surface area contributed by atoms with E-state index in [-0.39, 0.29) is 5.78 Å². The lowest BCUT2D eigenvalue weighted by atomic mass is 9.82. The molecule has 1 heterocycles. The summed E-state index contributed by atoms with van der Waals surface area (Å²) in [4.78, 5) is 11.9. The molecule has 2 rings (SSSR count). The molecule has 0 aliphatic heterocycles. The second-order valence-corrected chi connectivity index (χ2v) is 3.73. The Morgan fingerprint density at radius 2 is 2.43 bits per heavy atom. The number of furan rings is 1. The molecule has 2 heteroatoms. The first kappa shape index (κ1) is 9.25. The smallest absolute Gasteiger partial charge is 0.150 e. The molecule has 0 bridgehead atoms. The molecule has 74 valence electrons. The van der Waals surface area contributed by atoms with Crippen molar-refractivity contribution in [3.8, 4) is 0 Å². The summed E-state index contributed by atoms with van der Waals surface area (Å²) >= 11 is 0. The minimum absolute atomic E-state index is 0.283. The summed E-state index contributed by atoms with van der Waals surface area (Å²) in [5, 5.41) is 0. The number of carbonyl (C=O) groups is 1. The van der Waals surface area contributed by atoms with Crippen LogP contribution in [0.3, 0.4) is 0 Å². The van der Waals surface area contributed by atoms with Gasteiger partial charge in [-0.3, -0.25) is 4.79 Å². The van der Waals surface area contributed by atoms with Crippen LogP contribution in [0.5, 0.6) is 0 Å². The summed E-state index contributed by atoms with van der Waals surface area (Å²) in [5.41, 5.74) is -0.460. The first-order valence-electron chi connectivity index (χ1n) is 5.01. The van der Waals surface area contributed by atoms with Crippen molar-refractivity contribution >= 4 is 5.78 Å². The van der Waals surface area contributed by atoms with E-state index in [1.165, 1.54) is 0 Å². The topological polar surface area (TPSA) is 30.2 Å². The highest BCUT2D eigenvalue weighted by Crippen LogP contribution is 2.39. The van der Waals surface area contributed by atoms with Gasteiger partial charge in [0.15, 0.2) is 0 Å². The van der Waals surface area contributed by atoms with Crippen LogP contribution in [-0.4, -0.2) is 5.78 Å². The van der Waals surface area contributed by atoms with Gasteiger partial charge in [0.25, 0.3) is 0 Å². The Balaban J connectivity index is 2.46. The Bertz CT molecular complexity index is 348. The van der Waals surface area contributed by atoms with Crippen LogP contribution >= 0.6 is 0 Å². The van der Waals surface area contributed by atoms with Gasteiger partial charge in [0.05, 0.1) is 6.26 Å². The molecular weight excluding hydrogens is 176 g/mol. The van der Waals surface area contributed by atoms with E-state index in [0.29, 0.717) is 6.42 Å². The zero-order valence-corrected chi connectivity index (χ0v) is 8.32. The number of allylic oxidation sites excluding steroid dienone is 2. The van der Waals surface area contributed by atoms with Gasteiger partial charge in [-0.1, -0.05) is 12.2 Å². The first-order valence-corrected chi connectivity index (χ1v) is 5.01. The van der Waals surface area contributed by atoms with Gasteiger partial charge in [0.1, 0.15) is 17.0 Å². The van der Waals surface area contributed by atoms with Crippen LogP contribution in [0.4, 0.5) is 0 Å². The molecule has 0 radical (unpaired) electrons. The van der Waals surface area contributed by atoms with Crippen LogP contribution in [0.2, 0.25) is 0 Å². The van der Waals surface area contributed by atoms with Gasteiger partial charge >= 0.3 is 0 Å². The van der Waals surface area contributed by atoms with Crippen molar-refractivity contribution in [2.45, 2.75) is 31.6 Å².